The summed E-state index contributed by atoms with van der Waals surface area (Å²) in [6.07, 6.45) is 1.86. The average Bonchev–Trinajstić information content (AvgIpc) is 3.11. The molecule has 0 saturated heterocycles. The van der Waals surface area contributed by atoms with Gasteiger partial charge >= 0.3 is 5.97 Å². The molecule has 146 valence electrons. The Balaban J connectivity index is 1.78. The number of hydrogen-bond acceptors (Lipinski definition) is 4. The van der Waals surface area contributed by atoms with Crippen LogP contribution in [0.15, 0.2) is 54.7 Å². The Morgan fingerprint density at radius 3 is 2.68 bits per heavy atom. The molecule has 0 amide bonds. The summed E-state index contributed by atoms with van der Waals surface area (Å²) >= 11 is 6.06. The summed E-state index contributed by atoms with van der Waals surface area (Å²) < 4.78 is 10.7. The molecule has 2 aromatic carbocycles. The van der Waals surface area contributed by atoms with Crippen molar-refractivity contribution in [3.05, 3.63) is 70.9 Å². The summed E-state index contributed by atoms with van der Waals surface area (Å²) in [6.45, 7) is 2.58. The Labute approximate surface area is 168 Å². The number of H-pyrrole nitrogens is 1. The Morgan fingerprint density at radius 2 is 1.93 bits per heavy atom. The molecule has 1 unspecified atom stereocenters. The van der Waals surface area contributed by atoms with Crippen LogP contribution < -0.4 is 0 Å². The molecular weight excluding hydrogens is 378 g/mol. The number of halogens is 1. The van der Waals surface area contributed by atoms with E-state index in [-0.39, 0.29) is 18.9 Å². The lowest BCUT2D eigenvalue weighted by Crippen LogP contribution is -2.22. The molecule has 0 aliphatic carbocycles. The third kappa shape index (κ3) is 5.00. The highest BCUT2D eigenvalue weighted by atomic mass is 35.5. The molecule has 28 heavy (non-hydrogen) atoms. The standard InChI is InChI=1S/C22H22ClNO4/c1-2-28-22(26)21(25)10-16(14-27-13-15-6-4-3-5-7-15)19-12-24-20-11-17(23)8-9-18(19)20/h3-9,11-12,16,24H,2,10,13-14H2,1H3. The molecule has 1 atom stereocenters. The van der Waals surface area contributed by atoms with E-state index in [4.69, 9.17) is 21.1 Å². The summed E-state index contributed by atoms with van der Waals surface area (Å²) in [7, 11) is 0. The second-order valence-electron chi connectivity index (χ2n) is 6.48. The number of rotatable bonds is 9. The van der Waals surface area contributed by atoms with Gasteiger partial charge in [-0.2, -0.15) is 0 Å². The van der Waals surface area contributed by atoms with Gasteiger partial charge in [0.2, 0.25) is 5.78 Å². The molecule has 5 nitrogen and oxygen atoms in total. The van der Waals surface area contributed by atoms with Gasteiger partial charge in [-0.1, -0.05) is 48.0 Å². The van der Waals surface area contributed by atoms with Crippen LogP contribution in [0, 0.1) is 0 Å². The molecule has 3 rings (SSSR count). The minimum absolute atomic E-state index is 0.0171. The van der Waals surface area contributed by atoms with E-state index in [2.05, 4.69) is 4.98 Å². The second kappa shape index (κ2) is 9.53. The van der Waals surface area contributed by atoms with Crippen molar-refractivity contribution in [3.63, 3.8) is 0 Å². The van der Waals surface area contributed by atoms with Crippen molar-refractivity contribution in [1.29, 1.82) is 0 Å². The monoisotopic (exact) mass is 399 g/mol. The van der Waals surface area contributed by atoms with Crippen molar-refractivity contribution in [1.82, 2.24) is 4.98 Å². The van der Waals surface area contributed by atoms with Crippen LogP contribution in [0.5, 0.6) is 0 Å². The molecule has 3 aromatic rings. The van der Waals surface area contributed by atoms with Gasteiger partial charge in [0.05, 0.1) is 19.8 Å². The molecule has 1 aromatic heterocycles. The van der Waals surface area contributed by atoms with Crippen molar-refractivity contribution in [2.24, 2.45) is 0 Å². The average molecular weight is 400 g/mol. The first-order valence-electron chi connectivity index (χ1n) is 9.16. The summed E-state index contributed by atoms with van der Waals surface area (Å²) in [5.41, 5.74) is 2.83. The van der Waals surface area contributed by atoms with E-state index >= 15 is 0 Å². The number of aromatic amines is 1. The molecule has 0 aliphatic heterocycles. The van der Waals surface area contributed by atoms with Gasteiger partial charge in [0.1, 0.15) is 0 Å². The van der Waals surface area contributed by atoms with E-state index in [1.165, 1.54) is 0 Å². The van der Waals surface area contributed by atoms with E-state index in [9.17, 15) is 9.59 Å². The zero-order valence-electron chi connectivity index (χ0n) is 15.6. The molecular formula is C22H22ClNO4. The minimum Gasteiger partial charge on any atom is -0.460 e. The topological polar surface area (TPSA) is 68.4 Å². The van der Waals surface area contributed by atoms with Gasteiger partial charge in [-0.25, -0.2) is 4.79 Å². The second-order valence-corrected chi connectivity index (χ2v) is 6.92. The Kier molecular flexibility index (Phi) is 6.85. The molecule has 0 bridgehead atoms. The van der Waals surface area contributed by atoms with Crippen LogP contribution in [0.4, 0.5) is 0 Å². The summed E-state index contributed by atoms with van der Waals surface area (Å²) in [5.74, 6) is -1.65. The highest BCUT2D eigenvalue weighted by Gasteiger charge is 2.24. The number of Topliss-reactive ketones (excluding diaryl/α,β-unsaturated/α-hetero) is 1. The summed E-state index contributed by atoms with van der Waals surface area (Å²) in [4.78, 5) is 27.3. The van der Waals surface area contributed by atoms with E-state index in [0.717, 1.165) is 22.0 Å². The Bertz CT molecular complexity index is 952. The van der Waals surface area contributed by atoms with Gasteiger partial charge in [-0.05, 0) is 30.2 Å². The largest absolute Gasteiger partial charge is 0.460 e. The van der Waals surface area contributed by atoms with Crippen molar-refractivity contribution in [2.75, 3.05) is 13.2 Å². The van der Waals surface area contributed by atoms with Crippen LogP contribution in [-0.4, -0.2) is 30.0 Å². The fourth-order valence-electron chi connectivity index (χ4n) is 3.13. The maximum Gasteiger partial charge on any atom is 0.374 e. The number of aromatic nitrogens is 1. The molecule has 1 heterocycles. The van der Waals surface area contributed by atoms with Gasteiger partial charge in [0, 0.05) is 34.5 Å². The third-order valence-corrected chi connectivity index (χ3v) is 4.72. The number of ether oxygens (including phenoxy) is 2. The van der Waals surface area contributed by atoms with Gasteiger partial charge in [-0.15, -0.1) is 0 Å². The fraction of sp³-hybridized carbons (Fsp3) is 0.273. The first kappa shape index (κ1) is 20.1. The molecule has 6 heteroatoms. The number of carbonyl (C=O) groups is 2. The predicted octanol–water partition coefficient (Wildman–Crippen LogP) is 4.64. The number of esters is 1. The first-order valence-corrected chi connectivity index (χ1v) is 9.54. The van der Waals surface area contributed by atoms with Crippen molar-refractivity contribution >= 4 is 34.3 Å². The van der Waals surface area contributed by atoms with Crippen LogP contribution in [0.3, 0.4) is 0 Å². The maximum absolute atomic E-state index is 12.3. The third-order valence-electron chi connectivity index (χ3n) is 4.48. The molecule has 0 spiro atoms. The molecule has 0 fully saturated rings. The van der Waals surface area contributed by atoms with Gasteiger partial charge in [0.15, 0.2) is 0 Å². The van der Waals surface area contributed by atoms with E-state index in [1.54, 1.807) is 13.0 Å². The normalized spacial score (nSPS) is 12.1. The lowest BCUT2D eigenvalue weighted by Gasteiger charge is -2.16. The zero-order valence-corrected chi connectivity index (χ0v) is 16.4. The number of nitrogens with one attached hydrogen (secondary N) is 1. The number of hydrogen-bond donors (Lipinski definition) is 1. The zero-order chi connectivity index (χ0) is 19.9. The highest BCUT2D eigenvalue weighted by molar-refractivity contribution is 6.33. The molecule has 1 N–H and O–H groups in total. The first-order chi connectivity index (χ1) is 13.6. The SMILES string of the molecule is CCOC(=O)C(=O)CC(COCc1ccccc1)c1c[nH]c2cc(Cl)ccc12. The molecule has 0 saturated carbocycles. The summed E-state index contributed by atoms with van der Waals surface area (Å²) in [6, 6.07) is 15.3. The summed E-state index contributed by atoms with van der Waals surface area (Å²) in [5, 5.41) is 1.58. The highest BCUT2D eigenvalue weighted by Crippen LogP contribution is 2.30. The lowest BCUT2D eigenvalue weighted by molar-refractivity contribution is -0.153. The maximum atomic E-state index is 12.3. The van der Waals surface area contributed by atoms with E-state index < -0.39 is 11.8 Å². The molecule has 0 aliphatic rings. The van der Waals surface area contributed by atoms with E-state index in [0.29, 0.717) is 18.2 Å². The Morgan fingerprint density at radius 1 is 1.14 bits per heavy atom. The van der Waals surface area contributed by atoms with Crippen molar-refractivity contribution in [3.8, 4) is 0 Å². The van der Waals surface area contributed by atoms with Gasteiger partial charge < -0.3 is 14.5 Å². The predicted molar refractivity (Wildman–Crippen MR) is 108 cm³/mol. The number of carbonyl (C=O) groups excluding carboxylic acids is 2. The number of benzene rings is 2. The Hall–Kier alpha value is -2.63. The van der Waals surface area contributed by atoms with Gasteiger partial charge in [-0.3, -0.25) is 4.79 Å². The van der Waals surface area contributed by atoms with Crippen molar-refractivity contribution < 1.29 is 19.1 Å². The van der Waals surface area contributed by atoms with E-state index in [1.807, 2.05) is 48.7 Å². The number of ketones is 1. The number of fused-ring (bicyclic) bond motifs is 1. The van der Waals surface area contributed by atoms with Crippen LogP contribution in [0.2, 0.25) is 5.02 Å². The van der Waals surface area contributed by atoms with Crippen molar-refractivity contribution in [2.45, 2.75) is 25.9 Å². The quantitative estimate of drug-likeness (QED) is 0.420. The lowest BCUT2D eigenvalue weighted by atomic mass is 9.94. The van der Waals surface area contributed by atoms with Crippen LogP contribution in [-0.2, 0) is 25.7 Å². The van der Waals surface area contributed by atoms with Crippen LogP contribution in [0.25, 0.3) is 10.9 Å². The smallest absolute Gasteiger partial charge is 0.374 e. The minimum atomic E-state index is -0.807. The molecule has 0 radical (unpaired) electrons. The van der Waals surface area contributed by atoms with Gasteiger partial charge in [0.25, 0.3) is 0 Å². The fourth-order valence-corrected chi connectivity index (χ4v) is 3.30. The van der Waals surface area contributed by atoms with Crippen LogP contribution in [0.1, 0.15) is 30.4 Å². The van der Waals surface area contributed by atoms with Crippen LogP contribution >= 0.6 is 11.6 Å².